The maximum Gasteiger partial charge on any atom is 0.118 e. The number of aliphatic hydroxyl groups is 1. The zero-order valence-corrected chi connectivity index (χ0v) is 15.4. The highest BCUT2D eigenvalue weighted by Crippen LogP contribution is 2.13. The van der Waals surface area contributed by atoms with E-state index in [4.69, 9.17) is 4.74 Å². The van der Waals surface area contributed by atoms with Crippen molar-refractivity contribution in [2.45, 2.75) is 25.0 Å². The second kappa shape index (κ2) is 10.1. The van der Waals surface area contributed by atoms with E-state index in [2.05, 4.69) is 29.4 Å². The Morgan fingerprint density at radius 1 is 1.12 bits per heavy atom. The van der Waals surface area contributed by atoms with E-state index in [1.165, 1.54) is 5.56 Å². The first kappa shape index (κ1) is 19.4. The molecule has 0 heterocycles. The van der Waals surface area contributed by atoms with Crippen LogP contribution in [-0.4, -0.2) is 30.9 Å². The fourth-order valence-corrected chi connectivity index (χ4v) is 2.84. The fourth-order valence-electron chi connectivity index (χ4n) is 2.60. The highest BCUT2D eigenvalue weighted by Gasteiger charge is 2.21. The number of ether oxygens (including phenoxy) is 1. The van der Waals surface area contributed by atoms with Gasteiger partial charge in [0.1, 0.15) is 11.9 Å². The highest BCUT2D eigenvalue weighted by molar-refractivity contribution is 7.78. The third kappa shape index (κ3) is 6.12. The number of hydrogen-bond donors (Lipinski definition) is 4. The summed E-state index contributed by atoms with van der Waals surface area (Å²) in [5.41, 5.74) is 2.93. The average Bonchev–Trinajstić information content (AvgIpc) is 2.66. The van der Waals surface area contributed by atoms with Crippen LogP contribution in [-0.2, 0) is 12.8 Å². The molecule has 2 rings (SSSR count). The molecule has 0 aliphatic rings. The number of benzene rings is 2. The van der Waals surface area contributed by atoms with Gasteiger partial charge in [0.15, 0.2) is 0 Å². The van der Waals surface area contributed by atoms with Crippen LogP contribution in [0.15, 0.2) is 66.9 Å². The molecule has 25 heavy (non-hydrogen) atoms. The van der Waals surface area contributed by atoms with Crippen LogP contribution in [0.2, 0.25) is 0 Å². The van der Waals surface area contributed by atoms with Crippen LogP contribution in [0.3, 0.4) is 0 Å². The van der Waals surface area contributed by atoms with E-state index >= 15 is 0 Å². The maximum atomic E-state index is 10.5. The molecule has 2 unspecified atom stereocenters. The first-order chi connectivity index (χ1) is 12.1. The third-order valence-corrected chi connectivity index (χ3v) is 4.46. The second-order valence-electron chi connectivity index (χ2n) is 5.92. The van der Waals surface area contributed by atoms with E-state index < -0.39 is 6.10 Å². The van der Waals surface area contributed by atoms with Crippen molar-refractivity contribution in [2.75, 3.05) is 13.7 Å². The third-order valence-electron chi connectivity index (χ3n) is 4.13. The summed E-state index contributed by atoms with van der Waals surface area (Å²) >= 11 is 4.16. The Labute approximate surface area is 155 Å². The van der Waals surface area contributed by atoms with Crippen molar-refractivity contribution in [3.05, 3.63) is 78.0 Å². The predicted octanol–water partition coefficient (Wildman–Crippen LogP) is 2.75. The topological polar surface area (TPSA) is 53.5 Å². The van der Waals surface area contributed by atoms with E-state index in [0.29, 0.717) is 18.7 Å². The molecular weight excluding hydrogens is 332 g/mol. The van der Waals surface area contributed by atoms with Crippen LogP contribution in [0.25, 0.3) is 0 Å². The summed E-state index contributed by atoms with van der Waals surface area (Å²) in [6, 6.07) is 17.8. The Kier molecular flexibility index (Phi) is 7.85. The van der Waals surface area contributed by atoms with Gasteiger partial charge in [0, 0.05) is 12.2 Å². The molecule has 2 aromatic carbocycles. The fraction of sp³-hybridized carbons (Fsp3) is 0.300. The van der Waals surface area contributed by atoms with E-state index in [9.17, 15) is 5.11 Å². The number of aliphatic hydroxyl groups excluding tert-OH is 1. The molecule has 0 aromatic heterocycles. The lowest BCUT2D eigenvalue weighted by atomic mass is 10.0. The smallest absolute Gasteiger partial charge is 0.118 e. The molecule has 0 spiro atoms. The van der Waals surface area contributed by atoms with Gasteiger partial charge >= 0.3 is 0 Å². The van der Waals surface area contributed by atoms with Gasteiger partial charge in [-0.1, -0.05) is 61.9 Å². The zero-order chi connectivity index (χ0) is 18.1. The van der Waals surface area contributed by atoms with Crippen LogP contribution in [0.5, 0.6) is 5.75 Å². The number of thiol groups is 1. The van der Waals surface area contributed by atoms with Crippen molar-refractivity contribution in [2.24, 2.45) is 0 Å². The Morgan fingerprint density at radius 2 is 1.80 bits per heavy atom. The number of rotatable bonds is 10. The summed E-state index contributed by atoms with van der Waals surface area (Å²) in [7, 11) is 1.66. The normalized spacial score (nSPS) is 13.1. The molecule has 0 bridgehead atoms. The summed E-state index contributed by atoms with van der Waals surface area (Å²) in [5, 5.41) is 13.7. The predicted molar refractivity (Wildman–Crippen MR) is 106 cm³/mol. The lowest BCUT2D eigenvalue weighted by Crippen LogP contribution is -2.41. The van der Waals surface area contributed by atoms with Crippen molar-refractivity contribution in [1.82, 2.24) is 10.0 Å². The molecule has 2 atom stereocenters. The first-order valence-corrected chi connectivity index (χ1v) is 8.76. The zero-order valence-electron chi connectivity index (χ0n) is 14.5. The quantitative estimate of drug-likeness (QED) is 0.494. The lowest BCUT2D eigenvalue weighted by Gasteiger charge is -2.24. The van der Waals surface area contributed by atoms with E-state index in [0.717, 1.165) is 17.7 Å². The van der Waals surface area contributed by atoms with Gasteiger partial charge < -0.3 is 15.2 Å². The van der Waals surface area contributed by atoms with Crippen molar-refractivity contribution < 1.29 is 9.84 Å². The van der Waals surface area contributed by atoms with Gasteiger partial charge in [0.05, 0.1) is 13.2 Å². The lowest BCUT2D eigenvalue weighted by molar-refractivity contribution is 0.166. The number of hydrogen-bond acceptors (Lipinski definition) is 5. The molecule has 5 heteroatoms. The van der Waals surface area contributed by atoms with E-state index in [1.54, 1.807) is 7.11 Å². The van der Waals surface area contributed by atoms with Crippen LogP contribution >= 0.6 is 12.8 Å². The van der Waals surface area contributed by atoms with Gasteiger partial charge in [-0.15, -0.1) is 0 Å². The minimum absolute atomic E-state index is 0.216. The molecule has 3 N–H and O–H groups in total. The van der Waals surface area contributed by atoms with Crippen LogP contribution in [0, 0.1) is 0 Å². The highest BCUT2D eigenvalue weighted by atomic mass is 32.1. The van der Waals surface area contributed by atoms with Gasteiger partial charge in [0.25, 0.3) is 0 Å². The molecule has 0 saturated carbocycles. The summed E-state index contributed by atoms with van der Waals surface area (Å²) in [5.74, 6) is 0.847. The van der Waals surface area contributed by atoms with Crippen LogP contribution < -0.4 is 14.8 Å². The molecule has 0 radical (unpaired) electrons. The summed E-state index contributed by atoms with van der Waals surface area (Å²) < 4.78 is 8.04. The minimum atomic E-state index is -0.728. The Morgan fingerprint density at radius 3 is 2.40 bits per heavy atom. The van der Waals surface area contributed by atoms with Gasteiger partial charge in [-0.05, 0) is 36.1 Å². The molecule has 0 saturated heterocycles. The molecule has 2 aromatic rings. The van der Waals surface area contributed by atoms with E-state index in [1.807, 2.05) is 54.6 Å². The molecule has 0 fully saturated rings. The summed E-state index contributed by atoms with van der Waals surface area (Å²) in [6.45, 7) is 4.67. The van der Waals surface area contributed by atoms with Gasteiger partial charge in [-0.2, -0.15) is 0 Å². The molecule has 134 valence electrons. The van der Waals surface area contributed by atoms with Crippen molar-refractivity contribution in [1.29, 1.82) is 0 Å². The SMILES string of the molecule is C=C(NCCc1ccc(OC)cc1)C(O)C(Cc1ccccc1)NS. The standard InChI is InChI=1S/C20H26N2O2S/c1-15(21-13-12-16-8-10-18(24-2)11-9-16)20(23)19(22-25)14-17-6-4-3-5-7-17/h3-11,19-23,25H,1,12-14H2,2H3. The van der Waals surface area contributed by atoms with E-state index in [-0.39, 0.29) is 6.04 Å². The van der Waals surface area contributed by atoms with Crippen LogP contribution in [0.4, 0.5) is 0 Å². The Bertz CT molecular complexity index is 647. The molecule has 4 nitrogen and oxygen atoms in total. The molecule has 0 aliphatic carbocycles. The van der Waals surface area contributed by atoms with Gasteiger partial charge in [0.2, 0.25) is 0 Å². The number of methoxy groups -OCH3 is 1. The largest absolute Gasteiger partial charge is 0.497 e. The van der Waals surface area contributed by atoms with Crippen molar-refractivity contribution >= 4 is 12.8 Å². The Hall–Kier alpha value is -1.95. The van der Waals surface area contributed by atoms with Crippen LogP contribution in [0.1, 0.15) is 11.1 Å². The summed E-state index contributed by atoms with van der Waals surface area (Å²) in [4.78, 5) is 0. The number of nitrogens with one attached hydrogen (secondary N) is 2. The van der Waals surface area contributed by atoms with Crippen molar-refractivity contribution in [3.8, 4) is 5.75 Å². The molecule has 0 aliphatic heterocycles. The Balaban J connectivity index is 1.81. The summed E-state index contributed by atoms with van der Waals surface area (Å²) in [6.07, 6.45) is 0.784. The van der Waals surface area contributed by atoms with Gasteiger partial charge in [-0.3, -0.25) is 4.72 Å². The molecular formula is C20H26N2O2S. The first-order valence-electron chi connectivity index (χ1n) is 8.31. The second-order valence-corrected chi connectivity index (χ2v) is 6.18. The maximum absolute atomic E-state index is 10.5. The monoisotopic (exact) mass is 358 g/mol. The van der Waals surface area contributed by atoms with Crippen molar-refractivity contribution in [3.63, 3.8) is 0 Å². The molecule has 0 amide bonds. The van der Waals surface area contributed by atoms with Gasteiger partial charge in [-0.25, -0.2) is 0 Å². The average molecular weight is 359 g/mol. The minimum Gasteiger partial charge on any atom is -0.497 e.